The molecule has 146 valence electrons. The van der Waals surface area contributed by atoms with Crippen molar-refractivity contribution in [1.82, 2.24) is 0 Å². The van der Waals surface area contributed by atoms with Crippen LogP contribution in [0.25, 0.3) is 0 Å². The third-order valence-electron chi connectivity index (χ3n) is 5.06. The fourth-order valence-corrected chi connectivity index (χ4v) is 3.40. The van der Waals surface area contributed by atoms with Crippen LogP contribution in [0.4, 0.5) is 0 Å². The van der Waals surface area contributed by atoms with Crippen molar-refractivity contribution >= 4 is 0 Å². The Morgan fingerprint density at radius 3 is 1.24 bits per heavy atom. The predicted octanol–water partition coefficient (Wildman–Crippen LogP) is 8.89. The van der Waals surface area contributed by atoms with E-state index in [1.807, 2.05) is 0 Å². The molecule has 0 saturated carbocycles. The van der Waals surface area contributed by atoms with Crippen LogP contribution in [-0.2, 0) is 0 Å². The average molecular weight is 348 g/mol. The van der Waals surface area contributed by atoms with Gasteiger partial charge < -0.3 is 0 Å². The molecule has 1 heteroatoms. The van der Waals surface area contributed by atoms with Gasteiger partial charge in [0.15, 0.2) is 0 Å². The number of unbranched alkanes of at least 4 members (excludes halogenated alkanes) is 18. The van der Waals surface area contributed by atoms with Gasteiger partial charge in [0.2, 0.25) is 0 Å². The molecule has 0 aliphatic heterocycles. The minimum absolute atomic E-state index is 0.747. The summed E-state index contributed by atoms with van der Waals surface area (Å²) in [4.78, 5) is 0. The topological polar surface area (TPSA) is 23.8 Å². The molecule has 0 fully saturated rings. The van der Waals surface area contributed by atoms with Gasteiger partial charge >= 0.3 is 0 Å². The molecule has 0 radical (unpaired) electrons. The molecular weight excluding hydrogens is 302 g/mol. The monoisotopic (exact) mass is 347 g/mol. The molecule has 0 aromatic rings. The van der Waals surface area contributed by atoms with E-state index >= 15 is 0 Å². The summed E-state index contributed by atoms with van der Waals surface area (Å²) in [5, 5.41) is 8.47. The minimum atomic E-state index is 0.747. The van der Waals surface area contributed by atoms with Crippen molar-refractivity contribution in [2.45, 2.75) is 135 Å². The Balaban J connectivity index is 2.98. The van der Waals surface area contributed by atoms with Gasteiger partial charge in [-0.1, -0.05) is 115 Å². The largest absolute Gasteiger partial charge is 0.198 e. The molecule has 0 rings (SSSR count). The quantitative estimate of drug-likeness (QED) is 0.159. The van der Waals surface area contributed by atoms with E-state index in [9.17, 15) is 0 Å². The number of hydrogen-bond acceptors (Lipinski definition) is 1. The molecule has 0 heterocycles. The van der Waals surface area contributed by atoms with E-state index in [-0.39, 0.29) is 0 Å². The highest BCUT2D eigenvalue weighted by molar-refractivity contribution is 4.79. The summed E-state index contributed by atoms with van der Waals surface area (Å²) in [7, 11) is 0. The first-order valence-corrected chi connectivity index (χ1v) is 11.4. The Kier molecular flexibility index (Phi) is 22.5. The number of hydrogen-bond donors (Lipinski definition) is 0. The summed E-state index contributed by atoms with van der Waals surface area (Å²) in [6.07, 6.45) is 31.6. The van der Waals surface area contributed by atoms with Gasteiger partial charge in [-0.3, -0.25) is 0 Å². The zero-order valence-corrected chi connectivity index (χ0v) is 17.2. The van der Waals surface area contributed by atoms with Crippen LogP contribution >= 0.6 is 0 Å². The van der Waals surface area contributed by atoms with Crippen molar-refractivity contribution in [2.75, 3.05) is 0 Å². The first-order valence-electron chi connectivity index (χ1n) is 11.4. The molecule has 25 heavy (non-hydrogen) atoms. The van der Waals surface area contributed by atoms with Crippen molar-refractivity contribution in [2.24, 2.45) is 0 Å². The Morgan fingerprint density at radius 2 is 0.880 bits per heavy atom. The second kappa shape index (κ2) is 23.2. The summed E-state index contributed by atoms with van der Waals surface area (Å²) in [5.74, 6) is 0. The SMILES string of the molecule is CCC=CCCCCCCCCCCCCCCCCCCCC#N. The average Bonchev–Trinajstić information content (AvgIpc) is 2.63. The number of allylic oxidation sites excluding steroid dienone is 2. The van der Waals surface area contributed by atoms with Crippen LogP contribution < -0.4 is 0 Å². The molecule has 0 N–H and O–H groups in total. The van der Waals surface area contributed by atoms with E-state index in [1.165, 1.54) is 116 Å². The molecule has 0 spiro atoms. The van der Waals surface area contributed by atoms with E-state index in [2.05, 4.69) is 25.1 Å². The molecule has 0 aliphatic rings. The highest BCUT2D eigenvalue weighted by Gasteiger charge is 1.95. The molecule has 0 aliphatic carbocycles. The van der Waals surface area contributed by atoms with Crippen LogP contribution in [0.3, 0.4) is 0 Å². The van der Waals surface area contributed by atoms with Crippen molar-refractivity contribution in [1.29, 1.82) is 5.26 Å². The predicted molar refractivity (Wildman–Crippen MR) is 113 cm³/mol. The smallest absolute Gasteiger partial charge is 0.0621 e. The molecule has 1 nitrogen and oxygen atoms in total. The van der Waals surface area contributed by atoms with E-state index < -0.39 is 0 Å². The van der Waals surface area contributed by atoms with Crippen LogP contribution in [0.2, 0.25) is 0 Å². The third-order valence-corrected chi connectivity index (χ3v) is 5.06. The van der Waals surface area contributed by atoms with Gasteiger partial charge in [0, 0.05) is 6.42 Å². The van der Waals surface area contributed by atoms with E-state index in [0.717, 1.165) is 12.8 Å². The first kappa shape index (κ1) is 24.2. The second-order valence-corrected chi connectivity index (χ2v) is 7.59. The summed E-state index contributed by atoms with van der Waals surface area (Å²) >= 11 is 0. The van der Waals surface area contributed by atoms with Crippen molar-refractivity contribution in [3.05, 3.63) is 12.2 Å². The molecule has 0 atom stereocenters. The maximum absolute atomic E-state index is 8.47. The Hall–Kier alpha value is -0.770. The van der Waals surface area contributed by atoms with Gasteiger partial charge in [-0.2, -0.15) is 5.26 Å². The third kappa shape index (κ3) is 23.2. The lowest BCUT2D eigenvalue weighted by Crippen LogP contribution is -1.84. The lowest BCUT2D eigenvalue weighted by atomic mass is 10.0. The van der Waals surface area contributed by atoms with Crippen molar-refractivity contribution in [3.8, 4) is 6.07 Å². The Labute approximate surface area is 159 Å². The summed E-state index contributed by atoms with van der Waals surface area (Å²) in [6, 6.07) is 2.23. The maximum Gasteiger partial charge on any atom is 0.0621 e. The Bertz CT molecular complexity index is 300. The number of rotatable bonds is 20. The molecule has 0 amide bonds. The summed E-state index contributed by atoms with van der Waals surface area (Å²) < 4.78 is 0. The molecule has 0 aromatic heterocycles. The summed E-state index contributed by atoms with van der Waals surface area (Å²) in [6.45, 7) is 2.21. The zero-order chi connectivity index (χ0) is 18.3. The fraction of sp³-hybridized carbons (Fsp3) is 0.875. The van der Waals surface area contributed by atoms with Gasteiger partial charge in [-0.05, 0) is 25.7 Å². The lowest BCUT2D eigenvalue weighted by Gasteiger charge is -2.03. The van der Waals surface area contributed by atoms with Gasteiger partial charge in [0.05, 0.1) is 6.07 Å². The van der Waals surface area contributed by atoms with E-state index in [1.54, 1.807) is 0 Å². The molecular formula is C24H45N. The fourth-order valence-electron chi connectivity index (χ4n) is 3.40. The maximum atomic E-state index is 8.47. The molecule has 0 unspecified atom stereocenters. The highest BCUT2D eigenvalue weighted by atomic mass is 14.2. The molecule has 0 saturated heterocycles. The van der Waals surface area contributed by atoms with E-state index in [0.29, 0.717) is 0 Å². The lowest BCUT2D eigenvalue weighted by molar-refractivity contribution is 0.526. The van der Waals surface area contributed by atoms with Crippen LogP contribution in [0, 0.1) is 11.3 Å². The zero-order valence-electron chi connectivity index (χ0n) is 17.2. The normalized spacial score (nSPS) is 11.2. The van der Waals surface area contributed by atoms with Crippen LogP contribution in [0.1, 0.15) is 135 Å². The number of nitrogens with zero attached hydrogens (tertiary/aromatic N) is 1. The van der Waals surface area contributed by atoms with Crippen LogP contribution in [0.15, 0.2) is 12.2 Å². The van der Waals surface area contributed by atoms with Crippen molar-refractivity contribution < 1.29 is 0 Å². The molecule has 0 bridgehead atoms. The minimum Gasteiger partial charge on any atom is -0.198 e. The van der Waals surface area contributed by atoms with Gasteiger partial charge in [0.1, 0.15) is 0 Å². The number of nitriles is 1. The standard InChI is InChI=1S/C24H45N/c1-2-3-4-5-6-7-8-9-10-11-12-13-14-15-16-17-18-19-20-21-22-23-24-25/h3-4H,2,5-23H2,1H3. The highest BCUT2D eigenvalue weighted by Crippen LogP contribution is 2.14. The van der Waals surface area contributed by atoms with Crippen LogP contribution in [-0.4, -0.2) is 0 Å². The van der Waals surface area contributed by atoms with E-state index in [4.69, 9.17) is 5.26 Å². The van der Waals surface area contributed by atoms with Crippen molar-refractivity contribution in [3.63, 3.8) is 0 Å². The summed E-state index contributed by atoms with van der Waals surface area (Å²) in [5.41, 5.74) is 0. The first-order chi connectivity index (χ1) is 12.4. The van der Waals surface area contributed by atoms with Gasteiger partial charge in [0.25, 0.3) is 0 Å². The second-order valence-electron chi connectivity index (χ2n) is 7.59. The van der Waals surface area contributed by atoms with Crippen LogP contribution in [0.5, 0.6) is 0 Å². The Morgan fingerprint density at radius 1 is 0.520 bits per heavy atom. The molecule has 0 aromatic carbocycles. The van der Waals surface area contributed by atoms with Gasteiger partial charge in [-0.25, -0.2) is 0 Å². The van der Waals surface area contributed by atoms with Gasteiger partial charge in [-0.15, -0.1) is 0 Å².